The summed E-state index contributed by atoms with van der Waals surface area (Å²) in [6.07, 6.45) is 0.791. The van der Waals surface area contributed by atoms with Gasteiger partial charge in [-0.25, -0.2) is 0 Å². The predicted octanol–water partition coefficient (Wildman–Crippen LogP) is 1.11. The molecule has 2 rings (SSSR count). The van der Waals surface area contributed by atoms with Gasteiger partial charge in [0.1, 0.15) is 0 Å². The average Bonchev–Trinajstić information content (AvgIpc) is 2.60. The maximum Gasteiger partial charge on any atom is 0.0477 e. The Hall–Kier alpha value is -0.900. The van der Waals surface area contributed by atoms with Crippen molar-refractivity contribution < 1.29 is 10.2 Å². The molecule has 0 spiro atoms. The zero-order valence-electron chi connectivity index (χ0n) is 10.2. The molecular weight excluding hydrogens is 214 g/mol. The van der Waals surface area contributed by atoms with E-state index in [0.29, 0.717) is 0 Å². The van der Waals surface area contributed by atoms with Crippen LogP contribution in [0.25, 0.3) is 0 Å². The van der Waals surface area contributed by atoms with Crippen molar-refractivity contribution in [1.82, 2.24) is 0 Å². The van der Waals surface area contributed by atoms with Crippen LogP contribution in [0.3, 0.4) is 0 Å². The van der Waals surface area contributed by atoms with Crippen molar-refractivity contribution in [2.45, 2.75) is 24.8 Å². The quantitative estimate of drug-likeness (QED) is 0.735. The number of benzene rings is 1. The van der Waals surface area contributed by atoms with Crippen molar-refractivity contribution in [3.05, 3.63) is 35.9 Å². The first-order chi connectivity index (χ1) is 8.11. The maximum absolute atomic E-state index is 9.51. The molecule has 0 unspecified atom stereocenters. The minimum absolute atomic E-state index is 0.0601. The van der Waals surface area contributed by atoms with Crippen LogP contribution in [0.15, 0.2) is 30.3 Å². The van der Waals surface area contributed by atoms with Crippen LogP contribution in [0.4, 0.5) is 0 Å². The van der Waals surface area contributed by atoms with Crippen LogP contribution in [0.5, 0.6) is 0 Å². The molecule has 1 aliphatic rings. The molecule has 94 valence electrons. The number of hydrogen-bond donors (Lipinski definition) is 3. The van der Waals surface area contributed by atoms with Crippen molar-refractivity contribution in [3.63, 3.8) is 0 Å². The van der Waals surface area contributed by atoms with Gasteiger partial charge in [-0.3, -0.25) is 0 Å². The summed E-state index contributed by atoms with van der Waals surface area (Å²) in [5.74, 6) is 0.320. The number of aliphatic hydroxyl groups excluding tert-OH is 2. The van der Waals surface area contributed by atoms with Gasteiger partial charge in [-0.15, -0.1) is 0 Å². The monoisotopic (exact) mass is 235 g/mol. The molecule has 0 amide bonds. The molecule has 1 fully saturated rings. The SMILES string of the molecule is C[C@]1(N)[C@@H](CO)C[C@@H](CO)[C@H]1c1ccccc1. The first-order valence-corrected chi connectivity index (χ1v) is 6.16. The van der Waals surface area contributed by atoms with E-state index in [1.165, 1.54) is 0 Å². The van der Waals surface area contributed by atoms with E-state index in [4.69, 9.17) is 5.73 Å². The van der Waals surface area contributed by atoms with E-state index >= 15 is 0 Å². The molecule has 0 aromatic heterocycles. The molecule has 1 saturated carbocycles. The Kier molecular flexibility index (Phi) is 3.52. The number of rotatable bonds is 3. The summed E-state index contributed by atoms with van der Waals surface area (Å²) in [7, 11) is 0. The topological polar surface area (TPSA) is 66.5 Å². The van der Waals surface area contributed by atoms with E-state index in [2.05, 4.69) is 12.1 Å². The highest BCUT2D eigenvalue weighted by molar-refractivity contribution is 5.27. The Bertz CT molecular complexity index is 364. The smallest absolute Gasteiger partial charge is 0.0477 e. The van der Waals surface area contributed by atoms with Crippen LogP contribution < -0.4 is 5.73 Å². The van der Waals surface area contributed by atoms with E-state index < -0.39 is 5.54 Å². The third-order valence-electron chi connectivity index (χ3n) is 4.22. The molecule has 1 aromatic rings. The Morgan fingerprint density at radius 1 is 1.24 bits per heavy atom. The summed E-state index contributed by atoms with van der Waals surface area (Å²) in [6, 6.07) is 10.1. The minimum Gasteiger partial charge on any atom is -0.396 e. The summed E-state index contributed by atoms with van der Waals surface area (Å²) < 4.78 is 0. The zero-order chi connectivity index (χ0) is 12.5. The molecule has 0 saturated heterocycles. The van der Waals surface area contributed by atoms with Crippen LogP contribution in [0.2, 0.25) is 0 Å². The second kappa shape index (κ2) is 4.77. The normalized spacial score (nSPS) is 37.3. The van der Waals surface area contributed by atoms with E-state index in [1.54, 1.807) is 0 Å². The molecule has 0 bridgehead atoms. The largest absolute Gasteiger partial charge is 0.396 e. The fraction of sp³-hybridized carbons (Fsp3) is 0.571. The van der Waals surface area contributed by atoms with Crippen LogP contribution in [0, 0.1) is 11.8 Å². The van der Waals surface area contributed by atoms with Gasteiger partial charge in [-0.05, 0) is 24.8 Å². The molecule has 4 N–H and O–H groups in total. The van der Waals surface area contributed by atoms with Crippen LogP contribution in [-0.2, 0) is 0 Å². The molecule has 3 nitrogen and oxygen atoms in total. The van der Waals surface area contributed by atoms with Gasteiger partial charge in [0.05, 0.1) is 0 Å². The van der Waals surface area contributed by atoms with Crippen LogP contribution >= 0.6 is 0 Å². The predicted molar refractivity (Wildman–Crippen MR) is 67.5 cm³/mol. The lowest BCUT2D eigenvalue weighted by molar-refractivity contribution is 0.176. The summed E-state index contributed by atoms with van der Waals surface area (Å²) in [6.45, 7) is 2.21. The van der Waals surface area contributed by atoms with Crippen molar-refractivity contribution in [3.8, 4) is 0 Å². The highest BCUT2D eigenvalue weighted by atomic mass is 16.3. The molecule has 0 heterocycles. The fourth-order valence-electron chi connectivity index (χ4n) is 3.26. The molecule has 4 atom stereocenters. The van der Waals surface area contributed by atoms with E-state index in [1.807, 2.05) is 25.1 Å². The highest BCUT2D eigenvalue weighted by Crippen LogP contribution is 2.48. The number of aliphatic hydroxyl groups is 2. The Balaban J connectivity index is 2.36. The van der Waals surface area contributed by atoms with Gasteiger partial charge in [0, 0.05) is 30.6 Å². The van der Waals surface area contributed by atoms with E-state index in [-0.39, 0.29) is 31.0 Å². The molecule has 1 aromatic carbocycles. The standard InChI is InChI=1S/C14H21NO2/c1-14(15)12(9-17)7-11(8-16)13(14)10-5-3-2-4-6-10/h2-6,11-13,16-17H,7-9,15H2,1H3/t11-,12+,13+,14-/m0/s1. The number of hydrogen-bond acceptors (Lipinski definition) is 3. The fourth-order valence-corrected chi connectivity index (χ4v) is 3.26. The highest BCUT2D eigenvalue weighted by Gasteiger charge is 2.49. The lowest BCUT2D eigenvalue weighted by Crippen LogP contribution is -2.46. The van der Waals surface area contributed by atoms with Crippen LogP contribution in [0.1, 0.15) is 24.8 Å². The van der Waals surface area contributed by atoms with Gasteiger partial charge in [0.25, 0.3) is 0 Å². The zero-order valence-corrected chi connectivity index (χ0v) is 10.2. The lowest BCUT2D eigenvalue weighted by atomic mass is 9.77. The van der Waals surface area contributed by atoms with Crippen molar-refractivity contribution >= 4 is 0 Å². The van der Waals surface area contributed by atoms with Gasteiger partial charge in [0.15, 0.2) is 0 Å². The Labute approximate surface area is 102 Å². The lowest BCUT2D eigenvalue weighted by Gasteiger charge is -2.33. The molecular formula is C14H21NO2. The average molecular weight is 235 g/mol. The number of nitrogens with two attached hydrogens (primary N) is 1. The first-order valence-electron chi connectivity index (χ1n) is 6.16. The van der Waals surface area contributed by atoms with Gasteiger partial charge in [0.2, 0.25) is 0 Å². The van der Waals surface area contributed by atoms with E-state index in [9.17, 15) is 10.2 Å². The van der Waals surface area contributed by atoms with Crippen molar-refractivity contribution in [2.75, 3.05) is 13.2 Å². The minimum atomic E-state index is -0.455. The third kappa shape index (κ3) is 2.10. The molecule has 0 radical (unpaired) electrons. The van der Waals surface area contributed by atoms with Crippen molar-refractivity contribution in [1.29, 1.82) is 0 Å². The molecule has 1 aliphatic carbocycles. The molecule has 3 heteroatoms. The maximum atomic E-state index is 9.51. The Morgan fingerprint density at radius 3 is 2.41 bits per heavy atom. The van der Waals surface area contributed by atoms with Gasteiger partial charge in [-0.1, -0.05) is 30.3 Å². The summed E-state index contributed by atoms with van der Waals surface area (Å²) >= 11 is 0. The van der Waals surface area contributed by atoms with Gasteiger partial charge >= 0.3 is 0 Å². The summed E-state index contributed by atoms with van der Waals surface area (Å²) in [5.41, 5.74) is 7.11. The second-order valence-corrected chi connectivity index (χ2v) is 5.31. The summed E-state index contributed by atoms with van der Waals surface area (Å²) in [5, 5.41) is 18.9. The van der Waals surface area contributed by atoms with Crippen LogP contribution in [-0.4, -0.2) is 29.0 Å². The second-order valence-electron chi connectivity index (χ2n) is 5.31. The van der Waals surface area contributed by atoms with Crippen molar-refractivity contribution in [2.24, 2.45) is 17.6 Å². The third-order valence-corrected chi connectivity index (χ3v) is 4.22. The molecule has 17 heavy (non-hydrogen) atoms. The molecule has 0 aliphatic heterocycles. The first kappa shape index (κ1) is 12.6. The van der Waals surface area contributed by atoms with E-state index in [0.717, 1.165) is 12.0 Å². The van der Waals surface area contributed by atoms with Gasteiger partial charge < -0.3 is 15.9 Å². The summed E-state index contributed by atoms with van der Waals surface area (Å²) in [4.78, 5) is 0. The Morgan fingerprint density at radius 2 is 1.88 bits per heavy atom. The van der Waals surface area contributed by atoms with Gasteiger partial charge in [-0.2, -0.15) is 0 Å².